The zero-order valence-corrected chi connectivity index (χ0v) is 7.61. The van der Waals surface area contributed by atoms with Crippen LogP contribution < -0.4 is 0 Å². The summed E-state index contributed by atoms with van der Waals surface area (Å²) < 4.78 is 0. The summed E-state index contributed by atoms with van der Waals surface area (Å²) in [5, 5.41) is 30.2. The van der Waals surface area contributed by atoms with E-state index in [0.29, 0.717) is 6.42 Å². The predicted molar refractivity (Wildman–Crippen MR) is 46.0 cm³/mol. The van der Waals surface area contributed by atoms with Crippen LogP contribution in [-0.4, -0.2) is 32.6 Å². The van der Waals surface area contributed by atoms with Gasteiger partial charge in [-0.25, -0.2) is 0 Å². The van der Waals surface area contributed by atoms with Gasteiger partial charge in [-0.3, -0.25) is 0 Å². The molecule has 0 aromatic heterocycles. The molecule has 0 bridgehead atoms. The number of aliphatic hydroxyl groups is 3. The molecule has 3 saturated carbocycles. The van der Waals surface area contributed by atoms with E-state index in [-0.39, 0.29) is 17.9 Å². The molecule has 5 unspecified atom stereocenters. The van der Waals surface area contributed by atoms with Crippen molar-refractivity contribution >= 4 is 0 Å². The highest BCUT2D eigenvalue weighted by Gasteiger charge is 2.75. The highest BCUT2D eigenvalue weighted by molar-refractivity contribution is 5.26. The molecular formula is C10H16O3. The van der Waals surface area contributed by atoms with E-state index < -0.39 is 11.2 Å². The molecule has 3 rings (SSSR count). The molecule has 3 N–H and O–H groups in total. The van der Waals surface area contributed by atoms with E-state index in [9.17, 15) is 15.3 Å². The van der Waals surface area contributed by atoms with Crippen molar-refractivity contribution in [3.8, 4) is 0 Å². The Labute approximate surface area is 77.4 Å². The van der Waals surface area contributed by atoms with Gasteiger partial charge in [0, 0.05) is 5.92 Å². The Bertz CT molecular complexity index is 255. The fourth-order valence-electron chi connectivity index (χ4n) is 4.09. The number of fused-ring (bicyclic) bond motifs is 4. The predicted octanol–water partition coefficient (Wildman–Crippen LogP) is 0.0332. The van der Waals surface area contributed by atoms with E-state index in [1.54, 1.807) is 0 Å². The maximum Gasteiger partial charge on any atom is 0.0992 e. The Morgan fingerprint density at radius 1 is 1.00 bits per heavy atom. The van der Waals surface area contributed by atoms with Crippen molar-refractivity contribution in [2.75, 3.05) is 0 Å². The molecule has 13 heavy (non-hydrogen) atoms. The number of hydrogen-bond acceptors (Lipinski definition) is 3. The molecule has 0 heterocycles. The molecule has 0 aliphatic heterocycles. The normalized spacial score (nSPS) is 64.4. The van der Waals surface area contributed by atoms with E-state index in [2.05, 4.69) is 0 Å². The van der Waals surface area contributed by atoms with Gasteiger partial charge in [-0.05, 0) is 38.0 Å². The minimum Gasteiger partial charge on any atom is -0.393 e. The molecule has 74 valence electrons. The molecule has 3 fully saturated rings. The maximum absolute atomic E-state index is 10.2. The lowest BCUT2D eigenvalue weighted by molar-refractivity contribution is -0.290. The van der Waals surface area contributed by atoms with Crippen LogP contribution in [0.4, 0.5) is 0 Å². The molecule has 3 nitrogen and oxygen atoms in total. The molecule has 0 spiro atoms. The molecular weight excluding hydrogens is 168 g/mol. The molecule has 5 atom stereocenters. The molecule has 0 aromatic rings. The fraction of sp³-hybridized carbons (Fsp3) is 1.00. The molecule has 3 aliphatic rings. The standard InChI is InChI=1S/C10H16O3/c11-7-3-2-6-8(7)10(13)5-1-4-9(6,10)12/h6-8,11-13H,1-5H2. The first-order valence-electron chi connectivity index (χ1n) is 5.22. The first kappa shape index (κ1) is 8.21. The second kappa shape index (κ2) is 2.10. The highest BCUT2D eigenvalue weighted by atomic mass is 16.4. The Morgan fingerprint density at radius 3 is 2.46 bits per heavy atom. The zero-order valence-electron chi connectivity index (χ0n) is 7.61. The van der Waals surface area contributed by atoms with Crippen LogP contribution in [0.25, 0.3) is 0 Å². The summed E-state index contributed by atoms with van der Waals surface area (Å²) in [5.41, 5.74) is -1.80. The topological polar surface area (TPSA) is 60.7 Å². The van der Waals surface area contributed by atoms with Crippen molar-refractivity contribution in [1.29, 1.82) is 0 Å². The van der Waals surface area contributed by atoms with Crippen LogP contribution in [0.3, 0.4) is 0 Å². The van der Waals surface area contributed by atoms with Crippen molar-refractivity contribution in [2.24, 2.45) is 11.8 Å². The number of rotatable bonds is 0. The minimum absolute atomic E-state index is 0.0417. The van der Waals surface area contributed by atoms with Crippen LogP contribution >= 0.6 is 0 Å². The molecule has 3 heteroatoms. The van der Waals surface area contributed by atoms with E-state index in [0.717, 1.165) is 25.7 Å². The summed E-state index contributed by atoms with van der Waals surface area (Å²) in [6.07, 6.45) is 3.53. The van der Waals surface area contributed by atoms with Gasteiger partial charge in [-0.15, -0.1) is 0 Å². The van der Waals surface area contributed by atoms with Crippen LogP contribution in [0.2, 0.25) is 0 Å². The first-order chi connectivity index (χ1) is 6.09. The third-order valence-electron chi connectivity index (χ3n) is 4.65. The van der Waals surface area contributed by atoms with Gasteiger partial charge in [0.1, 0.15) is 0 Å². The van der Waals surface area contributed by atoms with Crippen molar-refractivity contribution in [2.45, 2.75) is 49.4 Å². The third-order valence-corrected chi connectivity index (χ3v) is 4.65. The number of hydrogen-bond donors (Lipinski definition) is 3. The van der Waals surface area contributed by atoms with Crippen LogP contribution in [0.1, 0.15) is 32.1 Å². The van der Waals surface area contributed by atoms with Crippen molar-refractivity contribution in [1.82, 2.24) is 0 Å². The summed E-state index contributed by atoms with van der Waals surface area (Å²) in [6, 6.07) is 0. The summed E-state index contributed by atoms with van der Waals surface area (Å²) in [6.45, 7) is 0. The van der Waals surface area contributed by atoms with Crippen LogP contribution in [0, 0.1) is 11.8 Å². The van der Waals surface area contributed by atoms with E-state index in [1.807, 2.05) is 0 Å². The summed E-state index contributed by atoms with van der Waals surface area (Å²) in [5.74, 6) is 0.120. The van der Waals surface area contributed by atoms with Crippen LogP contribution in [-0.2, 0) is 0 Å². The average Bonchev–Trinajstić information content (AvgIpc) is 2.54. The van der Waals surface area contributed by atoms with Gasteiger partial charge < -0.3 is 15.3 Å². The quantitative estimate of drug-likeness (QED) is 0.498. The molecule has 0 saturated heterocycles. The van der Waals surface area contributed by atoms with Crippen molar-refractivity contribution < 1.29 is 15.3 Å². The van der Waals surface area contributed by atoms with Gasteiger partial charge in [0.25, 0.3) is 0 Å². The summed E-state index contributed by atoms with van der Waals surface area (Å²) >= 11 is 0. The largest absolute Gasteiger partial charge is 0.393 e. The lowest BCUT2D eigenvalue weighted by atomic mass is 9.52. The summed E-state index contributed by atoms with van der Waals surface area (Å²) in [7, 11) is 0. The van der Waals surface area contributed by atoms with E-state index in [1.165, 1.54) is 0 Å². The lowest BCUT2D eigenvalue weighted by Gasteiger charge is -2.59. The van der Waals surface area contributed by atoms with Gasteiger partial charge in [-0.1, -0.05) is 0 Å². The zero-order chi connectivity index (χ0) is 9.27. The van der Waals surface area contributed by atoms with Gasteiger partial charge >= 0.3 is 0 Å². The van der Waals surface area contributed by atoms with Gasteiger partial charge in [0.15, 0.2) is 0 Å². The van der Waals surface area contributed by atoms with Crippen LogP contribution in [0.15, 0.2) is 0 Å². The first-order valence-corrected chi connectivity index (χ1v) is 5.22. The van der Waals surface area contributed by atoms with Crippen molar-refractivity contribution in [3.05, 3.63) is 0 Å². The van der Waals surface area contributed by atoms with Gasteiger partial charge in [0.2, 0.25) is 0 Å². The third kappa shape index (κ3) is 0.661. The Hall–Kier alpha value is -0.120. The summed E-state index contributed by atoms with van der Waals surface area (Å²) in [4.78, 5) is 0. The fourth-order valence-corrected chi connectivity index (χ4v) is 4.09. The number of aliphatic hydroxyl groups excluding tert-OH is 1. The second-order valence-corrected chi connectivity index (χ2v) is 4.98. The Kier molecular flexibility index (Phi) is 1.33. The second-order valence-electron chi connectivity index (χ2n) is 4.98. The maximum atomic E-state index is 10.2. The SMILES string of the molecule is OC1CCC2C1C1(O)CCCC21O. The molecule has 0 radical (unpaired) electrons. The monoisotopic (exact) mass is 184 g/mol. The lowest BCUT2D eigenvalue weighted by Crippen LogP contribution is -2.73. The van der Waals surface area contributed by atoms with Crippen LogP contribution in [0.5, 0.6) is 0 Å². The average molecular weight is 184 g/mol. The van der Waals surface area contributed by atoms with E-state index in [4.69, 9.17) is 0 Å². The van der Waals surface area contributed by atoms with Crippen molar-refractivity contribution in [3.63, 3.8) is 0 Å². The van der Waals surface area contributed by atoms with E-state index >= 15 is 0 Å². The molecule has 0 aromatic carbocycles. The molecule has 0 amide bonds. The Balaban J connectivity index is 1.99. The van der Waals surface area contributed by atoms with Gasteiger partial charge in [-0.2, -0.15) is 0 Å². The highest BCUT2D eigenvalue weighted by Crippen LogP contribution is 2.66. The van der Waals surface area contributed by atoms with Gasteiger partial charge in [0.05, 0.1) is 17.3 Å². The molecule has 3 aliphatic carbocycles. The Morgan fingerprint density at radius 2 is 1.69 bits per heavy atom. The smallest absolute Gasteiger partial charge is 0.0992 e. The minimum atomic E-state index is -0.951.